The molecule has 210 valence electrons. The average molecular weight is 619 g/mol. The van der Waals surface area contributed by atoms with E-state index >= 15 is 0 Å². The molecule has 3 heterocycles. The molecule has 10 nitrogen and oxygen atoms in total. The summed E-state index contributed by atoms with van der Waals surface area (Å²) in [5.41, 5.74) is -2.88. The van der Waals surface area contributed by atoms with Gasteiger partial charge < -0.3 is 0 Å². The molecule has 3 aromatic carbocycles. The van der Waals surface area contributed by atoms with E-state index in [9.17, 15) is 26.3 Å². The van der Waals surface area contributed by atoms with Crippen LogP contribution in [0.15, 0.2) is 59.9 Å². The van der Waals surface area contributed by atoms with Crippen molar-refractivity contribution in [3.8, 4) is 30.3 Å². The molecular formula is C36H10N10S. The van der Waals surface area contributed by atoms with Crippen LogP contribution in [-0.2, 0) is 0 Å². The third kappa shape index (κ3) is 4.58. The van der Waals surface area contributed by atoms with E-state index in [4.69, 9.17) is 35.2 Å². The second-order valence-electron chi connectivity index (χ2n) is 9.41. The number of hydrogen-bond acceptors (Lipinski definition) is 8. The van der Waals surface area contributed by atoms with Gasteiger partial charge in [0.25, 0.3) is 0 Å². The van der Waals surface area contributed by atoms with Crippen molar-refractivity contribution in [2.75, 3.05) is 0 Å². The number of hydrogen-bond donors (Lipinski definition) is 0. The fraction of sp³-hybridized carbons (Fsp3) is 0. The maximum Gasteiger partial charge on any atom is 0.219 e. The van der Waals surface area contributed by atoms with Gasteiger partial charge in [-0.1, -0.05) is 12.1 Å². The molecule has 0 saturated carbocycles. The lowest BCUT2D eigenvalue weighted by atomic mass is 9.98. The number of aromatic nitrogens is 2. The Hall–Kier alpha value is -7.90. The molecule has 0 saturated heterocycles. The highest BCUT2D eigenvalue weighted by atomic mass is 32.1. The van der Waals surface area contributed by atoms with Crippen LogP contribution in [0, 0.1) is 76.4 Å². The van der Waals surface area contributed by atoms with E-state index in [1.165, 1.54) is 23.5 Å². The van der Waals surface area contributed by atoms with E-state index in [1.807, 2.05) is 6.07 Å². The van der Waals surface area contributed by atoms with Gasteiger partial charge in [-0.2, -0.15) is 26.3 Å². The summed E-state index contributed by atoms with van der Waals surface area (Å²) in [6.45, 7) is 22.9. The van der Waals surface area contributed by atoms with Gasteiger partial charge in [-0.3, -0.25) is 9.83 Å². The molecule has 47 heavy (non-hydrogen) atoms. The molecule has 0 unspecified atom stereocenters. The van der Waals surface area contributed by atoms with Crippen molar-refractivity contribution in [2.45, 2.75) is 0 Å². The summed E-state index contributed by atoms with van der Waals surface area (Å²) in [4.78, 5) is 19.5. The standard InChI is InChI=1S/C36H10N10S/c1-42-31-13-19(10-23(16-39)33(31)44-3)28(18-41)29-6-4-24-25-5-7-30(46-35(25)36-26(8-9-47-36)34(24)45-29)32(43-2)20-11-21(14-37)27(17-40)22(12-20)15-38/h4-13H/b29-28-,32-30-/i10D,11D,12D,13D. The van der Waals surface area contributed by atoms with E-state index < -0.39 is 57.8 Å². The predicted octanol–water partition coefficient (Wildman–Crippen LogP) is 6.38. The Kier molecular flexibility index (Phi) is 6.08. The van der Waals surface area contributed by atoms with Crippen molar-refractivity contribution in [1.82, 2.24) is 9.97 Å². The first kappa shape index (κ1) is 24.5. The minimum absolute atomic E-state index is 0.0495. The normalized spacial score (nSPS) is 12.7. The molecule has 0 spiro atoms. The molecule has 0 radical (unpaired) electrons. The van der Waals surface area contributed by atoms with Crippen molar-refractivity contribution in [3.05, 3.63) is 138 Å². The molecule has 6 rings (SSSR count). The maximum absolute atomic E-state index is 10.3. The fourth-order valence-corrected chi connectivity index (χ4v) is 5.90. The molecule has 0 atom stereocenters. The number of benzene rings is 3. The number of rotatable bonds is 2. The minimum Gasteiger partial charge on any atom is -0.258 e. The first-order valence-electron chi connectivity index (χ1n) is 15.0. The summed E-state index contributed by atoms with van der Waals surface area (Å²) in [6.07, 6.45) is 0. The summed E-state index contributed by atoms with van der Waals surface area (Å²) in [5.74, 6) is 0. The van der Waals surface area contributed by atoms with Crippen LogP contribution in [-0.4, -0.2) is 9.97 Å². The third-order valence-corrected chi connectivity index (χ3v) is 7.97. The monoisotopic (exact) mass is 618 g/mol. The zero-order chi connectivity index (χ0) is 36.7. The van der Waals surface area contributed by atoms with Crippen LogP contribution in [0.5, 0.6) is 0 Å². The topological polar surface area (TPSA) is 158 Å². The quantitative estimate of drug-likeness (QED) is 0.161. The molecule has 11 heteroatoms. The van der Waals surface area contributed by atoms with Crippen molar-refractivity contribution in [1.29, 1.82) is 26.3 Å². The van der Waals surface area contributed by atoms with Gasteiger partial charge in [0.05, 0.1) is 78.6 Å². The molecule has 0 N–H and O–H groups in total. The number of thiophene rings is 1. The largest absolute Gasteiger partial charge is 0.258 e. The van der Waals surface area contributed by atoms with Crippen LogP contribution in [0.25, 0.3) is 57.7 Å². The van der Waals surface area contributed by atoms with Crippen molar-refractivity contribution in [3.63, 3.8) is 0 Å². The average Bonchev–Trinajstić information content (AvgIpc) is 3.65. The molecule has 0 fully saturated rings. The van der Waals surface area contributed by atoms with Gasteiger partial charge in [-0.15, -0.1) is 11.3 Å². The zero-order valence-corrected chi connectivity index (χ0v) is 24.2. The van der Waals surface area contributed by atoms with Crippen LogP contribution in [0.2, 0.25) is 0 Å². The first-order valence-corrected chi connectivity index (χ1v) is 13.9. The lowest BCUT2D eigenvalue weighted by Crippen LogP contribution is -2.13. The van der Waals surface area contributed by atoms with Gasteiger partial charge in [-0.05, 0) is 58.9 Å². The maximum atomic E-state index is 10.3. The number of pyridine rings is 2. The summed E-state index contributed by atoms with van der Waals surface area (Å²) in [7, 11) is 0. The van der Waals surface area contributed by atoms with Gasteiger partial charge in [0.2, 0.25) is 11.4 Å². The highest BCUT2D eigenvalue weighted by molar-refractivity contribution is 7.18. The van der Waals surface area contributed by atoms with Crippen molar-refractivity contribution >= 4 is 65.9 Å². The smallest absolute Gasteiger partial charge is 0.219 e. The fourth-order valence-electron chi connectivity index (χ4n) is 5.00. The molecular weight excluding hydrogens is 605 g/mol. The molecule has 6 aromatic rings. The van der Waals surface area contributed by atoms with Crippen LogP contribution in [0.1, 0.15) is 38.9 Å². The molecule has 3 aromatic heterocycles. The van der Waals surface area contributed by atoms with E-state index in [-0.39, 0.29) is 33.1 Å². The zero-order valence-electron chi connectivity index (χ0n) is 27.3. The number of nitriles is 5. The highest BCUT2D eigenvalue weighted by Crippen LogP contribution is 2.37. The van der Waals surface area contributed by atoms with Crippen LogP contribution >= 0.6 is 11.3 Å². The van der Waals surface area contributed by atoms with E-state index in [1.54, 1.807) is 47.9 Å². The van der Waals surface area contributed by atoms with Gasteiger partial charge in [0, 0.05) is 23.1 Å². The second-order valence-corrected chi connectivity index (χ2v) is 10.3. The Bertz CT molecular complexity index is 2840. The summed E-state index contributed by atoms with van der Waals surface area (Å²) in [5, 5.41) is 52.5. The van der Waals surface area contributed by atoms with E-state index in [0.29, 0.717) is 31.9 Å². The summed E-state index contributed by atoms with van der Waals surface area (Å²) >= 11 is 1.30. The van der Waals surface area contributed by atoms with E-state index in [2.05, 4.69) is 14.5 Å². The van der Waals surface area contributed by atoms with Crippen molar-refractivity contribution < 1.29 is 5.48 Å². The van der Waals surface area contributed by atoms with Crippen molar-refractivity contribution in [2.24, 2.45) is 0 Å². The first-order chi connectivity index (χ1) is 24.6. The van der Waals surface area contributed by atoms with Crippen LogP contribution < -0.4 is 10.7 Å². The van der Waals surface area contributed by atoms with Crippen LogP contribution in [0.3, 0.4) is 0 Å². The number of nitrogens with zero attached hydrogens (tertiary/aromatic N) is 10. The lowest BCUT2D eigenvalue weighted by Gasteiger charge is -2.08. The van der Waals surface area contributed by atoms with Gasteiger partial charge in [-0.25, -0.2) is 14.7 Å². The minimum atomic E-state index is -0.548. The Labute approximate surface area is 275 Å². The van der Waals surface area contributed by atoms with E-state index in [0.717, 1.165) is 0 Å². The highest BCUT2D eigenvalue weighted by Gasteiger charge is 2.18. The lowest BCUT2D eigenvalue weighted by molar-refractivity contribution is 1.30. The molecule has 0 aliphatic heterocycles. The molecule has 0 amide bonds. The Morgan fingerprint density at radius 3 is 1.94 bits per heavy atom. The number of fused-ring (bicyclic) bond motifs is 6. The summed E-state index contributed by atoms with van der Waals surface area (Å²) in [6, 6.07) is 14.8. The second kappa shape index (κ2) is 11.6. The van der Waals surface area contributed by atoms with Gasteiger partial charge in [0.1, 0.15) is 24.3 Å². The van der Waals surface area contributed by atoms with Gasteiger partial charge >= 0.3 is 0 Å². The Balaban J connectivity index is 1.71. The Morgan fingerprint density at radius 2 is 1.34 bits per heavy atom. The SMILES string of the molecule is [2H]c1c(C#N)c(C#N)c(C#N)c([2H])c1/C([N+]#[C-])=c1\ccc2c3cc/c(=C(\C#N)c4c([2H])c(C#N)c([N+]#[C-])c([N+]#[C-])c4[2H])nc3c3ccsc3c2n1. The predicted molar refractivity (Wildman–Crippen MR) is 173 cm³/mol. The summed E-state index contributed by atoms with van der Waals surface area (Å²) < 4.78 is 35.0. The van der Waals surface area contributed by atoms with Gasteiger partial charge in [0.15, 0.2) is 5.69 Å². The third-order valence-electron chi connectivity index (χ3n) is 7.05. The molecule has 0 aliphatic rings. The van der Waals surface area contributed by atoms with Crippen LogP contribution in [0.4, 0.5) is 11.4 Å². The Morgan fingerprint density at radius 1 is 0.702 bits per heavy atom. The molecule has 0 aliphatic carbocycles. The molecule has 0 bridgehead atoms.